The van der Waals surface area contributed by atoms with E-state index in [1.165, 1.54) is 6.07 Å². The highest BCUT2D eigenvalue weighted by molar-refractivity contribution is 7.89. The van der Waals surface area contributed by atoms with Gasteiger partial charge in [-0.05, 0) is 18.2 Å². The number of hydrogen-bond donors (Lipinski definition) is 0. The van der Waals surface area contributed by atoms with Crippen LogP contribution in [0.15, 0.2) is 23.1 Å². The van der Waals surface area contributed by atoms with Gasteiger partial charge in [0.2, 0.25) is 10.0 Å². The Morgan fingerprint density at radius 1 is 1.38 bits per heavy atom. The van der Waals surface area contributed by atoms with E-state index in [1.807, 2.05) is 0 Å². The van der Waals surface area contributed by atoms with Gasteiger partial charge in [-0.25, -0.2) is 12.8 Å². The van der Waals surface area contributed by atoms with Crippen molar-refractivity contribution in [2.45, 2.75) is 4.90 Å². The van der Waals surface area contributed by atoms with E-state index in [0.717, 1.165) is 16.4 Å². The van der Waals surface area contributed by atoms with E-state index in [9.17, 15) is 12.8 Å². The maximum absolute atomic E-state index is 13.0. The van der Waals surface area contributed by atoms with Crippen LogP contribution >= 0.6 is 11.6 Å². The number of hydrogen-bond acceptors (Lipinski definition) is 3. The van der Waals surface area contributed by atoms with Crippen LogP contribution in [0.1, 0.15) is 0 Å². The number of nitrogens with zero attached hydrogens (tertiary/aromatic N) is 1. The first kappa shape index (κ1) is 11.8. The van der Waals surface area contributed by atoms with Gasteiger partial charge in [-0.1, -0.05) is 11.6 Å². The second-order valence-electron chi connectivity index (χ2n) is 3.32. The van der Waals surface area contributed by atoms with Crippen molar-refractivity contribution in [3.05, 3.63) is 29.0 Å². The van der Waals surface area contributed by atoms with Crippen LogP contribution in [0.4, 0.5) is 4.39 Å². The van der Waals surface area contributed by atoms with Gasteiger partial charge < -0.3 is 4.74 Å². The number of sulfonamides is 1. The Bertz CT molecular complexity index is 479. The molecule has 0 N–H and O–H groups in total. The number of benzene rings is 1. The average Bonchev–Trinajstić information content (AvgIpc) is 2.69. The fourth-order valence-electron chi connectivity index (χ4n) is 1.41. The first-order valence-corrected chi connectivity index (χ1v) is 6.36. The highest BCUT2D eigenvalue weighted by Gasteiger charge is 2.28. The van der Waals surface area contributed by atoms with Crippen molar-refractivity contribution in [1.82, 2.24) is 4.31 Å². The summed E-state index contributed by atoms with van der Waals surface area (Å²) in [5.41, 5.74) is 0. The smallest absolute Gasteiger partial charge is 0.245 e. The molecule has 1 aromatic carbocycles. The van der Waals surface area contributed by atoms with Gasteiger partial charge in [0.15, 0.2) is 0 Å². The highest BCUT2D eigenvalue weighted by atomic mass is 35.5. The van der Waals surface area contributed by atoms with Crippen LogP contribution in [0.3, 0.4) is 0 Å². The predicted octanol–water partition coefficient (Wildman–Crippen LogP) is 1.46. The Labute approximate surface area is 97.6 Å². The molecular formula is C9H9ClFNO3S. The van der Waals surface area contributed by atoms with E-state index in [-0.39, 0.29) is 23.2 Å². The van der Waals surface area contributed by atoms with Crippen LogP contribution in [0.2, 0.25) is 5.02 Å². The van der Waals surface area contributed by atoms with E-state index in [2.05, 4.69) is 0 Å². The Hall–Kier alpha value is -0.690. The minimum absolute atomic E-state index is 0.00351. The Morgan fingerprint density at radius 3 is 2.69 bits per heavy atom. The molecule has 0 unspecified atom stereocenters. The lowest BCUT2D eigenvalue weighted by atomic mass is 10.3. The topological polar surface area (TPSA) is 46.6 Å². The molecule has 0 radical (unpaired) electrons. The van der Waals surface area contributed by atoms with Crippen molar-refractivity contribution in [2.75, 3.05) is 19.9 Å². The highest BCUT2D eigenvalue weighted by Crippen LogP contribution is 2.22. The monoisotopic (exact) mass is 265 g/mol. The fraction of sp³-hybridized carbons (Fsp3) is 0.333. The molecule has 0 aromatic heterocycles. The maximum Gasteiger partial charge on any atom is 0.245 e. The van der Waals surface area contributed by atoms with E-state index in [4.69, 9.17) is 16.3 Å². The van der Waals surface area contributed by atoms with Crippen molar-refractivity contribution >= 4 is 21.6 Å². The molecule has 7 heteroatoms. The Balaban J connectivity index is 2.42. The van der Waals surface area contributed by atoms with Gasteiger partial charge in [-0.15, -0.1) is 0 Å². The third kappa shape index (κ3) is 2.20. The molecule has 1 fully saturated rings. The Kier molecular flexibility index (Phi) is 3.16. The molecule has 0 aliphatic carbocycles. The maximum atomic E-state index is 13.0. The summed E-state index contributed by atoms with van der Waals surface area (Å²) in [6, 6.07) is 3.22. The summed E-state index contributed by atoms with van der Waals surface area (Å²) in [6.45, 7) is 0.620. The first-order chi connectivity index (χ1) is 7.50. The van der Waals surface area contributed by atoms with Crippen LogP contribution < -0.4 is 0 Å². The van der Waals surface area contributed by atoms with Crippen molar-refractivity contribution in [3.63, 3.8) is 0 Å². The molecule has 2 rings (SSSR count). The van der Waals surface area contributed by atoms with E-state index in [1.54, 1.807) is 0 Å². The summed E-state index contributed by atoms with van der Waals surface area (Å²) in [5, 5.41) is 0.0543. The molecule has 1 heterocycles. The number of halogens is 2. The molecule has 0 saturated carbocycles. The Morgan fingerprint density at radius 2 is 2.12 bits per heavy atom. The van der Waals surface area contributed by atoms with E-state index < -0.39 is 15.8 Å². The molecule has 1 aromatic rings. The molecule has 4 nitrogen and oxygen atoms in total. The van der Waals surface area contributed by atoms with Crippen LogP contribution in [0, 0.1) is 5.82 Å². The van der Waals surface area contributed by atoms with Gasteiger partial charge in [-0.3, -0.25) is 0 Å². The van der Waals surface area contributed by atoms with Crippen LogP contribution in [-0.2, 0) is 14.8 Å². The zero-order valence-electron chi connectivity index (χ0n) is 8.19. The first-order valence-electron chi connectivity index (χ1n) is 4.54. The van der Waals surface area contributed by atoms with Gasteiger partial charge in [0.05, 0.1) is 11.5 Å². The number of ether oxygens (including phenoxy) is 1. The molecule has 0 atom stereocenters. The largest absolute Gasteiger partial charge is 0.364 e. The summed E-state index contributed by atoms with van der Waals surface area (Å²) in [4.78, 5) is -0.150. The van der Waals surface area contributed by atoms with Gasteiger partial charge in [0, 0.05) is 11.6 Å². The lowest BCUT2D eigenvalue weighted by molar-refractivity contribution is 0.172. The van der Waals surface area contributed by atoms with E-state index in [0.29, 0.717) is 6.61 Å². The molecule has 0 amide bonds. The average molecular weight is 266 g/mol. The molecular weight excluding hydrogens is 257 g/mol. The summed E-state index contributed by atoms with van der Waals surface area (Å²) in [6.07, 6.45) is 0. The summed E-state index contributed by atoms with van der Waals surface area (Å²) < 4.78 is 43.0. The third-order valence-corrected chi connectivity index (χ3v) is 4.21. The minimum Gasteiger partial charge on any atom is -0.364 e. The van der Waals surface area contributed by atoms with Gasteiger partial charge in [-0.2, -0.15) is 4.31 Å². The summed E-state index contributed by atoms with van der Waals surface area (Å²) in [7, 11) is -3.70. The predicted molar refractivity (Wildman–Crippen MR) is 56.1 cm³/mol. The molecule has 1 aliphatic heterocycles. The van der Waals surface area contributed by atoms with Gasteiger partial charge >= 0.3 is 0 Å². The van der Waals surface area contributed by atoms with Crippen molar-refractivity contribution in [2.24, 2.45) is 0 Å². The number of rotatable bonds is 2. The molecule has 0 bridgehead atoms. The van der Waals surface area contributed by atoms with Gasteiger partial charge in [0.1, 0.15) is 12.5 Å². The zero-order valence-corrected chi connectivity index (χ0v) is 9.76. The third-order valence-electron chi connectivity index (χ3n) is 2.19. The quantitative estimate of drug-likeness (QED) is 0.813. The summed E-state index contributed by atoms with van der Waals surface area (Å²) in [5.74, 6) is -0.675. The molecule has 16 heavy (non-hydrogen) atoms. The van der Waals surface area contributed by atoms with Crippen molar-refractivity contribution in [1.29, 1.82) is 0 Å². The molecule has 1 aliphatic rings. The standard InChI is InChI=1S/C9H9ClFNO3S/c10-7-3-8(11)5-9(4-7)16(13,14)12-1-2-15-6-12/h3-5H,1-2,6H2. The normalized spacial score (nSPS) is 17.9. The van der Waals surface area contributed by atoms with E-state index >= 15 is 0 Å². The minimum atomic E-state index is -3.70. The van der Waals surface area contributed by atoms with Crippen molar-refractivity contribution in [3.8, 4) is 0 Å². The lowest BCUT2D eigenvalue weighted by Crippen LogP contribution is -2.28. The fourth-order valence-corrected chi connectivity index (χ4v) is 3.06. The SMILES string of the molecule is O=S(=O)(c1cc(F)cc(Cl)c1)N1CCOC1. The van der Waals surface area contributed by atoms with Crippen LogP contribution in [0.25, 0.3) is 0 Å². The van der Waals surface area contributed by atoms with Gasteiger partial charge in [0.25, 0.3) is 0 Å². The lowest BCUT2D eigenvalue weighted by Gasteiger charge is -2.13. The van der Waals surface area contributed by atoms with Crippen LogP contribution in [-0.4, -0.2) is 32.6 Å². The second-order valence-corrected chi connectivity index (χ2v) is 5.70. The summed E-state index contributed by atoms with van der Waals surface area (Å²) >= 11 is 5.61. The van der Waals surface area contributed by atoms with Crippen LogP contribution in [0.5, 0.6) is 0 Å². The zero-order chi connectivity index (χ0) is 11.8. The second kappa shape index (κ2) is 4.29. The molecule has 0 spiro atoms. The molecule has 88 valence electrons. The van der Waals surface area contributed by atoms with Crippen molar-refractivity contribution < 1.29 is 17.5 Å². The molecule has 1 saturated heterocycles.